The first-order valence-electron chi connectivity index (χ1n) is 7.95. The lowest BCUT2D eigenvalue weighted by atomic mass is 10.0. The minimum absolute atomic E-state index is 0.0565. The van der Waals surface area contributed by atoms with Gasteiger partial charge in [-0.2, -0.15) is 0 Å². The number of hydrogen-bond acceptors (Lipinski definition) is 3. The van der Waals surface area contributed by atoms with Gasteiger partial charge >= 0.3 is 0 Å². The average Bonchev–Trinajstić information content (AvgIpc) is 2.46. The molecule has 0 bridgehead atoms. The molecule has 0 spiro atoms. The maximum absolute atomic E-state index is 12.3. The molecule has 1 amide bonds. The van der Waals surface area contributed by atoms with Gasteiger partial charge in [-0.25, -0.2) is 0 Å². The number of carbonyl (C=O) groups excluding carboxylic acids is 1. The molecule has 0 aromatic heterocycles. The molecule has 0 aromatic rings. The Hall–Kier alpha value is -0.610. The lowest BCUT2D eigenvalue weighted by Crippen LogP contribution is -2.51. The van der Waals surface area contributed by atoms with Crippen LogP contribution in [0.5, 0.6) is 0 Å². The van der Waals surface area contributed by atoms with Crippen molar-refractivity contribution in [3.63, 3.8) is 0 Å². The minimum Gasteiger partial charge on any atom is -0.378 e. The summed E-state index contributed by atoms with van der Waals surface area (Å²) in [5.74, 6) is 0.301. The summed E-state index contributed by atoms with van der Waals surface area (Å²) in [4.78, 5) is 14.4. The fraction of sp³-hybridized carbons (Fsp3) is 0.933. The van der Waals surface area contributed by atoms with Crippen molar-refractivity contribution in [3.8, 4) is 0 Å². The van der Waals surface area contributed by atoms with Crippen molar-refractivity contribution in [3.05, 3.63) is 0 Å². The maximum atomic E-state index is 12.3. The fourth-order valence-electron chi connectivity index (χ4n) is 3.01. The standard InChI is InChI=1S/C15H28N2O2/c1-2-9-16-14-7-5-10-17(15(14)18)11-8-13-6-3-4-12-19-13/h13-14,16H,2-12H2,1H3. The van der Waals surface area contributed by atoms with Crippen LogP contribution in [0.4, 0.5) is 0 Å². The molecule has 2 saturated heterocycles. The first-order valence-corrected chi connectivity index (χ1v) is 7.95. The van der Waals surface area contributed by atoms with Gasteiger partial charge in [0, 0.05) is 19.7 Å². The Balaban J connectivity index is 1.73. The van der Waals surface area contributed by atoms with Crippen molar-refractivity contribution >= 4 is 5.91 Å². The molecule has 2 aliphatic rings. The number of carbonyl (C=O) groups is 1. The van der Waals surface area contributed by atoms with Crippen LogP contribution in [0.1, 0.15) is 51.9 Å². The smallest absolute Gasteiger partial charge is 0.239 e. The van der Waals surface area contributed by atoms with Crippen LogP contribution in [-0.4, -0.2) is 49.2 Å². The van der Waals surface area contributed by atoms with E-state index in [2.05, 4.69) is 12.2 Å². The molecule has 2 unspecified atom stereocenters. The Bertz CT molecular complexity index is 277. The predicted molar refractivity (Wildman–Crippen MR) is 76.1 cm³/mol. The molecule has 2 heterocycles. The zero-order chi connectivity index (χ0) is 13.5. The number of nitrogens with one attached hydrogen (secondary N) is 1. The molecule has 0 aromatic carbocycles. The lowest BCUT2D eigenvalue weighted by Gasteiger charge is -2.34. The minimum atomic E-state index is 0.0565. The lowest BCUT2D eigenvalue weighted by molar-refractivity contribution is -0.136. The molecule has 0 aliphatic carbocycles. The van der Waals surface area contributed by atoms with E-state index in [-0.39, 0.29) is 6.04 Å². The van der Waals surface area contributed by atoms with E-state index in [0.717, 1.165) is 51.9 Å². The Morgan fingerprint density at radius 2 is 2.21 bits per heavy atom. The summed E-state index contributed by atoms with van der Waals surface area (Å²) >= 11 is 0. The van der Waals surface area contributed by atoms with Gasteiger partial charge in [-0.3, -0.25) is 4.79 Å². The molecule has 2 rings (SSSR count). The van der Waals surface area contributed by atoms with Crippen molar-refractivity contribution < 1.29 is 9.53 Å². The normalized spacial score (nSPS) is 28.7. The third-order valence-electron chi connectivity index (χ3n) is 4.17. The molecule has 110 valence electrons. The van der Waals surface area contributed by atoms with Crippen molar-refractivity contribution in [2.24, 2.45) is 0 Å². The van der Waals surface area contributed by atoms with Crippen LogP contribution in [0.2, 0.25) is 0 Å². The van der Waals surface area contributed by atoms with E-state index >= 15 is 0 Å². The highest BCUT2D eigenvalue weighted by molar-refractivity contribution is 5.82. The number of ether oxygens (including phenoxy) is 1. The summed E-state index contributed by atoms with van der Waals surface area (Å²) in [6.07, 6.45) is 8.23. The van der Waals surface area contributed by atoms with E-state index in [0.29, 0.717) is 12.0 Å². The molecule has 19 heavy (non-hydrogen) atoms. The number of nitrogens with zero attached hydrogens (tertiary/aromatic N) is 1. The second-order valence-electron chi connectivity index (χ2n) is 5.75. The second kappa shape index (κ2) is 7.85. The first kappa shape index (κ1) is 14.8. The van der Waals surface area contributed by atoms with E-state index in [4.69, 9.17) is 4.74 Å². The predicted octanol–water partition coefficient (Wildman–Crippen LogP) is 1.94. The van der Waals surface area contributed by atoms with Crippen molar-refractivity contribution in [2.75, 3.05) is 26.2 Å². The van der Waals surface area contributed by atoms with Crippen LogP contribution >= 0.6 is 0 Å². The summed E-state index contributed by atoms with van der Waals surface area (Å²) in [6.45, 7) is 5.78. The molecule has 2 atom stereocenters. The van der Waals surface area contributed by atoms with E-state index in [1.165, 1.54) is 19.3 Å². The Morgan fingerprint density at radius 3 is 2.95 bits per heavy atom. The van der Waals surface area contributed by atoms with Gasteiger partial charge in [0.25, 0.3) is 0 Å². The SMILES string of the molecule is CCCNC1CCCN(CCC2CCCCO2)C1=O. The molecular weight excluding hydrogens is 240 g/mol. The highest BCUT2D eigenvalue weighted by atomic mass is 16.5. The summed E-state index contributed by atoms with van der Waals surface area (Å²) in [5, 5.41) is 3.37. The molecular formula is C15H28N2O2. The van der Waals surface area contributed by atoms with Gasteiger partial charge < -0.3 is 15.0 Å². The molecule has 4 heteroatoms. The summed E-state index contributed by atoms with van der Waals surface area (Å²) in [5.41, 5.74) is 0. The Morgan fingerprint density at radius 1 is 1.32 bits per heavy atom. The summed E-state index contributed by atoms with van der Waals surface area (Å²) in [7, 11) is 0. The highest BCUT2D eigenvalue weighted by Crippen LogP contribution is 2.18. The van der Waals surface area contributed by atoms with Gasteiger partial charge in [-0.15, -0.1) is 0 Å². The molecule has 0 radical (unpaired) electrons. The molecule has 0 saturated carbocycles. The van der Waals surface area contributed by atoms with E-state index in [9.17, 15) is 4.79 Å². The first-order chi connectivity index (χ1) is 9.31. The second-order valence-corrected chi connectivity index (χ2v) is 5.75. The number of rotatable bonds is 6. The van der Waals surface area contributed by atoms with Gasteiger partial charge in [0.15, 0.2) is 0 Å². The highest BCUT2D eigenvalue weighted by Gasteiger charge is 2.28. The van der Waals surface area contributed by atoms with E-state index < -0.39 is 0 Å². The van der Waals surface area contributed by atoms with Crippen molar-refractivity contribution in [1.29, 1.82) is 0 Å². The maximum Gasteiger partial charge on any atom is 0.239 e. The van der Waals surface area contributed by atoms with Gasteiger partial charge in [0.2, 0.25) is 5.91 Å². The Kier molecular flexibility index (Phi) is 6.11. The zero-order valence-electron chi connectivity index (χ0n) is 12.2. The zero-order valence-corrected chi connectivity index (χ0v) is 12.2. The van der Waals surface area contributed by atoms with Crippen LogP contribution in [0.3, 0.4) is 0 Å². The van der Waals surface area contributed by atoms with E-state index in [1.54, 1.807) is 0 Å². The van der Waals surface area contributed by atoms with Crippen LogP contribution in [0.15, 0.2) is 0 Å². The number of likely N-dealkylation sites (tertiary alicyclic amines) is 1. The molecule has 2 fully saturated rings. The van der Waals surface area contributed by atoms with Gasteiger partial charge in [-0.1, -0.05) is 6.92 Å². The quantitative estimate of drug-likeness (QED) is 0.800. The van der Waals surface area contributed by atoms with Crippen LogP contribution in [0, 0.1) is 0 Å². The van der Waals surface area contributed by atoms with Gasteiger partial charge in [-0.05, 0) is 51.5 Å². The summed E-state index contributed by atoms with van der Waals surface area (Å²) in [6, 6.07) is 0.0565. The molecule has 4 nitrogen and oxygen atoms in total. The fourth-order valence-corrected chi connectivity index (χ4v) is 3.01. The van der Waals surface area contributed by atoms with Gasteiger partial charge in [0.1, 0.15) is 0 Å². The topological polar surface area (TPSA) is 41.6 Å². The third kappa shape index (κ3) is 4.46. The largest absolute Gasteiger partial charge is 0.378 e. The van der Waals surface area contributed by atoms with Gasteiger partial charge in [0.05, 0.1) is 12.1 Å². The van der Waals surface area contributed by atoms with E-state index in [1.807, 2.05) is 4.90 Å². The van der Waals surface area contributed by atoms with Crippen molar-refractivity contribution in [1.82, 2.24) is 10.2 Å². The number of hydrogen-bond donors (Lipinski definition) is 1. The third-order valence-corrected chi connectivity index (χ3v) is 4.17. The van der Waals surface area contributed by atoms with Crippen LogP contribution in [-0.2, 0) is 9.53 Å². The average molecular weight is 268 g/mol. The molecule has 2 aliphatic heterocycles. The van der Waals surface area contributed by atoms with Crippen LogP contribution in [0.25, 0.3) is 0 Å². The van der Waals surface area contributed by atoms with Crippen LogP contribution < -0.4 is 5.32 Å². The number of piperidine rings is 1. The van der Waals surface area contributed by atoms with Crippen molar-refractivity contribution in [2.45, 2.75) is 64.0 Å². The monoisotopic (exact) mass is 268 g/mol. The summed E-state index contributed by atoms with van der Waals surface area (Å²) < 4.78 is 5.74. The number of amides is 1. The Labute approximate surface area is 116 Å². The molecule has 1 N–H and O–H groups in total.